The summed E-state index contributed by atoms with van der Waals surface area (Å²) in [5, 5.41) is 11.5. The molecule has 0 radical (unpaired) electrons. The average molecular weight is 376 g/mol. The second-order valence-corrected chi connectivity index (χ2v) is 8.03. The zero-order valence-electron chi connectivity index (χ0n) is 16.2. The van der Waals surface area contributed by atoms with Crippen LogP contribution >= 0.6 is 0 Å². The smallest absolute Gasteiger partial charge is 0.341 e. The molecule has 2 rings (SSSR count). The highest BCUT2D eigenvalue weighted by Crippen LogP contribution is 2.25. The van der Waals surface area contributed by atoms with E-state index in [-0.39, 0.29) is 17.2 Å². The summed E-state index contributed by atoms with van der Waals surface area (Å²) in [7, 11) is 0. The third kappa shape index (κ3) is 6.58. The van der Waals surface area contributed by atoms with Gasteiger partial charge in [-0.3, -0.25) is 9.59 Å². The molecule has 7 nitrogen and oxygen atoms in total. The Kier molecular flexibility index (Phi) is 6.82. The van der Waals surface area contributed by atoms with Crippen LogP contribution in [0.25, 0.3) is 0 Å². The van der Waals surface area contributed by atoms with Crippen LogP contribution in [0.2, 0.25) is 0 Å². The summed E-state index contributed by atoms with van der Waals surface area (Å²) in [4.78, 5) is 37.4. The van der Waals surface area contributed by atoms with E-state index in [1.165, 1.54) is 0 Å². The second kappa shape index (κ2) is 8.88. The van der Waals surface area contributed by atoms with Crippen LogP contribution in [0.1, 0.15) is 45.6 Å². The SMILES string of the molecule is CC(C)(C)CC(=O)N1CCCC1C(=O)NCc1cccc(OCC(=O)O)c1. The molecule has 0 spiro atoms. The van der Waals surface area contributed by atoms with Crippen LogP contribution in [0.4, 0.5) is 0 Å². The van der Waals surface area contributed by atoms with Gasteiger partial charge in [0.15, 0.2) is 6.61 Å². The van der Waals surface area contributed by atoms with Gasteiger partial charge in [-0.1, -0.05) is 32.9 Å². The van der Waals surface area contributed by atoms with Gasteiger partial charge in [0.05, 0.1) is 0 Å². The Labute approximate surface area is 159 Å². The largest absolute Gasteiger partial charge is 0.482 e. The van der Waals surface area contributed by atoms with Gasteiger partial charge in [0, 0.05) is 19.5 Å². The molecule has 1 atom stereocenters. The summed E-state index contributed by atoms with van der Waals surface area (Å²) in [5.41, 5.74) is 0.689. The maximum atomic E-state index is 12.6. The van der Waals surface area contributed by atoms with Crippen molar-refractivity contribution in [3.8, 4) is 5.75 Å². The number of likely N-dealkylation sites (tertiary alicyclic amines) is 1. The molecular formula is C20H28N2O5. The number of nitrogens with zero attached hydrogens (tertiary/aromatic N) is 1. The van der Waals surface area contributed by atoms with Gasteiger partial charge in [-0.2, -0.15) is 0 Å². The minimum absolute atomic E-state index is 0.0178. The molecule has 2 N–H and O–H groups in total. The summed E-state index contributed by atoms with van der Waals surface area (Å²) in [6.45, 7) is 6.52. The van der Waals surface area contributed by atoms with Crippen LogP contribution in [0.5, 0.6) is 5.75 Å². The second-order valence-electron chi connectivity index (χ2n) is 8.03. The minimum Gasteiger partial charge on any atom is -0.482 e. The molecule has 1 aromatic carbocycles. The number of carboxylic acid groups (broad SMARTS) is 1. The number of nitrogens with one attached hydrogen (secondary N) is 1. The quantitative estimate of drug-likeness (QED) is 0.760. The van der Waals surface area contributed by atoms with Crippen molar-refractivity contribution < 1.29 is 24.2 Å². The molecule has 7 heteroatoms. The maximum Gasteiger partial charge on any atom is 0.341 e. The number of hydrogen-bond acceptors (Lipinski definition) is 4. The Morgan fingerprint density at radius 2 is 2.04 bits per heavy atom. The molecule has 1 aliphatic rings. The fourth-order valence-electron chi connectivity index (χ4n) is 3.09. The number of carbonyl (C=O) groups is 3. The van der Waals surface area contributed by atoms with Crippen LogP contribution in [0, 0.1) is 5.41 Å². The van der Waals surface area contributed by atoms with Gasteiger partial charge in [0.2, 0.25) is 11.8 Å². The van der Waals surface area contributed by atoms with Crippen molar-refractivity contribution in [3.05, 3.63) is 29.8 Å². The van der Waals surface area contributed by atoms with E-state index in [4.69, 9.17) is 9.84 Å². The van der Waals surface area contributed by atoms with E-state index in [2.05, 4.69) is 5.32 Å². The highest BCUT2D eigenvalue weighted by atomic mass is 16.5. The zero-order valence-corrected chi connectivity index (χ0v) is 16.2. The predicted molar refractivity (Wildman–Crippen MR) is 100 cm³/mol. The van der Waals surface area contributed by atoms with Crippen molar-refractivity contribution in [2.24, 2.45) is 5.41 Å². The van der Waals surface area contributed by atoms with Crippen LogP contribution in [-0.4, -0.2) is 47.0 Å². The Morgan fingerprint density at radius 1 is 1.30 bits per heavy atom. The number of rotatable bonds is 7. The summed E-state index contributed by atoms with van der Waals surface area (Å²) in [5.74, 6) is -0.752. The summed E-state index contributed by atoms with van der Waals surface area (Å²) >= 11 is 0. The van der Waals surface area contributed by atoms with Crippen molar-refractivity contribution >= 4 is 17.8 Å². The lowest BCUT2D eigenvalue weighted by Crippen LogP contribution is -2.46. The summed E-state index contributed by atoms with van der Waals surface area (Å²) in [6, 6.07) is 6.50. The topological polar surface area (TPSA) is 95.9 Å². The van der Waals surface area contributed by atoms with E-state index < -0.39 is 18.6 Å². The molecule has 1 unspecified atom stereocenters. The summed E-state index contributed by atoms with van der Waals surface area (Å²) < 4.78 is 5.14. The molecule has 0 saturated carbocycles. The van der Waals surface area contributed by atoms with E-state index in [1.807, 2.05) is 26.8 Å². The first-order chi connectivity index (χ1) is 12.7. The van der Waals surface area contributed by atoms with Gasteiger partial charge in [0.1, 0.15) is 11.8 Å². The molecule has 1 aliphatic heterocycles. The number of aliphatic carboxylic acids is 1. The van der Waals surface area contributed by atoms with Crippen LogP contribution in [-0.2, 0) is 20.9 Å². The lowest BCUT2D eigenvalue weighted by molar-refractivity contribution is -0.140. The van der Waals surface area contributed by atoms with Crippen molar-refractivity contribution in [1.29, 1.82) is 0 Å². The number of carbonyl (C=O) groups excluding carboxylic acids is 2. The third-order valence-corrected chi connectivity index (χ3v) is 4.28. The van der Waals surface area contributed by atoms with Gasteiger partial charge in [0.25, 0.3) is 0 Å². The minimum atomic E-state index is -1.05. The fraction of sp³-hybridized carbons (Fsp3) is 0.550. The lowest BCUT2D eigenvalue weighted by atomic mass is 9.91. The average Bonchev–Trinajstić information content (AvgIpc) is 3.07. The maximum absolute atomic E-state index is 12.6. The number of carboxylic acids is 1. The first-order valence-electron chi connectivity index (χ1n) is 9.16. The van der Waals surface area contributed by atoms with Crippen LogP contribution in [0.15, 0.2) is 24.3 Å². The Morgan fingerprint density at radius 3 is 2.70 bits per heavy atom. The Balaban J connectivity index is 1.92. The molecule has 1 aromatic rings. The van der Waals surface area contributed by atoms with E-state index >= 15 is 0 Å². The number of benzene rings is 1. The highest BCUT2D eigenvalue weighted by molar-refractivity contribution is 5.88. The van der Waals surface area contributed by atoms with Gasteiger partial charge >= 0.3 is 5.97 Å². The zero-order chi connectivity index (χ0) is 20.0. The highest BCUT2D eigenvalue weighted by Gasteiger charge is 2.35. The molecule has 148 valence electrons. The van der Waals surface area contributed by atoms with Crippen molar-refractivity contribution in [3.63, 3.8) is 0 Å². The molecule has 1 heterocycles. The van der Waals surface area contributed by atoms with Crippen LogP contribution in [0.3, 0.4) is 0 Å². The predicted octanol–water partition coefficient (Wildman–Crippen LogP) is 2.19. The van der Waals surface area contributed by atoms with E-state index in [0.29, 0.717) is 31.7 Å². The fourth-order valence-corrected chi connectivity index (χ4v) is 3.09. The Bertz CT molecular complexity index is 696. The normalized spacial score (nSPS) is 16.9. The molecule has 2 amide bonds. The monoisotopic (exact) mass is 376 g/mol. The van der Waals surface area contributed by atoms with Crippen molar-refractivity contribution in [1.82, 2.24) is 10.2 Å². The lowest BCUT2D eigenvalue weighted by Gasteiger charge is -2.27. The number of amides is 2. The summed E-state index contributed by atoms with van der Waals surface area (Å²) in [6.07, 6.45) is 1.91. The van der Waals surface area contributed by atoms with Gasteiger partial charge in [-0.15, -0.1) is 0 Å². The number of ether oxygens (including phenoxy) is 1. The first kappa shape index (κ1) is 20.7. The van der Waals surface area contributed by atoms with Crippen LogP contribution < -0.4 is 10.1 Å². The number of hydrogen-bond donors (Lipinski definition) is 2. The molecule has 0 aromatic heterocycles. The standard InChI is InChI=1S/C20H28N2O5/c1-20(2,3)11-17(23)22-9-5-8-16(22)19(26)21-12-14-6-4-7-15(10-14)27-13-18(24)25/h4,6-7,10,16H,5,8-9,11-13H2,1-3H3,(H,21,26)(H,24,25). The van der Waals surface area contributed by atoms with Crippen molar-refractivity contribution in [2.45, 2.75) is 52.6 Å². The molecule has 1 saturated heterocycles. The molecular weight excluding hydrogens is 348 g/mol. The van der Waals surface area contributed by atoms with Gasteiger partial charge in [-0.05, 0) is 36.0 Å². The molecule has 27 heavy (non-hydrogen) atoms. The molecule has 1 fully saturated rings. The van der Waals surface area contributed by atoms with Gasteiger partial charge < -0.3 is 20.1 Å². The molecule has 0 bridgehead atoms. The van der Waals surface area contributed by atoms with Gasteiger partial charge in [-0.25, -0.2) is 4.79 Å². The Hall–Kier alpha value is -2.57. The van der Waals surface area contributed by atoms with E-state index in [0.717, 1.165) is 12.0 Å². The van der Waals surface area contributed by atoms with E-state index in [9.17, 15) is 14.4 Å². The molecule has 0 aliphatic carbocycles. The van der Waals surface area contributed by atoms with E-state index in [1.54, 1.807) is 23.1 Å². The van der Waals surface area contributed by atoms with Crippen molar-refractivity contribution in [2.75, 3.05) is 13.2 Å². The first-order valence-corrected chi connectivity index (χ1v) is 9.16. The third-order valence-electron chi connectivity index (χ3n) is 4.28.